The quantitative estimate of drug-likeness (QED) is 0.158. The maximum absolute atomic E-state index is 12.7. The molecule has 2 atom stereocenters. The highest BCUT2D eigenvalue weighted by molar-refractivity contribution is 7.16. The normalized spacial score (nSPS) is 16.6. The third-order valence-corrected chi connectivity index (χ3v) is 11.2. The first-order valence-corrected chi connectivity index (χ1v) is 19.6. The van der Waals surface area contributed by atoms with Crippen LogP contribution in [0, 0.1) is 0 Å². The van der Waals surface area contributed by atoms with Gasteiger partial charge in [0.1, 0.15) is 5.60 Å². The zero-order valence-electron chi connectivity index (χ0n) is 31.7. The number of carbonyl (C=O) groups excluding carboxylic acids is 3. The number of ether oxygens (including phenoxy) is 1. The van der Waals surface area contributed by atoms with Crippen molar-refractivity contribution in [3.8, 4) is 0 Å². The maximum Gasteiger partial charge on any atom is 0.407 e. The lowest BCUT2D eigenvalue weighted by atomic mass is 9.97. The molecule has 2 aliphatic rings. The van der Waals surface area contributed by atoms with Crippen molar-refractivity contribution in [2.75, 3.05) is 38.8 Å². The van der Waals surface area contributed by atoms with Crippen LogP contribution in [0.3, 0.4) is 0 Å². The monoisotopic (exact) mass is 760 g/mol. The van der Waals surface area contributed by atoms with Crippen LogP contribution in [0.4, 0.5) is 15.1 Å². The Hall–Kier alpha value is -4.21. The summed E-state index contributed by atoms with van der Waals surface area (Å²) in [5, 5.41) is 9.89. The fourth-order valence-corrected chi connectivity index (χ4v) is 8.34. The predicted molar refractivity (Wildman–Crippen MR) is 213 cm³/mol. The van der Waals surface area contributed by atoms with Crippen molar-refractivity contribution in [3.63, 3.8) is 0 Å². The summed E-state index contributed by atoms with van der Waals surface area (Å²) < 4.78 is 5.24. The summed E-state index contributed by atoms with van der Waals surface area (Å²) in [6, 6.07) is 15.7. The van der Waals surface area contributed by atoms with Gasteiger partial charge in [-0.05, 0) is 123 Å². The van der Waals surface area contributed by atoms with Crippen LogP contribution >= 0.6 is 22.7 Å². The molecule has 4 aromatic rings. The number of carbonyl (C=O) groups is 3. The topological polar surface area (TPSA) is 155 Å². The van der Waals surface area contributed by atoms with Crippen LogP contribution in [-0.2, 0) is 43.5 Å². The van der Waals surface area contributed by atoms with E-state index in [0.717, 1.165) is 61.0 Å². The van der Waals surface area contributed by atoms with E-state index < -0.39 is 11.7 Å². The molecular weight excluding hydrogens is 709 g/mol. The number of hydrogen-bond donors (Lipinski definition) is 4. The number of hydrogen-bond acceptors (Lipinski definition) is 11. The van der Waals surface area contributed by atoms with Crippen LogP contribution in [0.15, 0.2) is 48.5 Å². The number of aromatic nitrogens is 2. The van der Waals surface area contributed by atoms with Crippen molar-refractivity contribution < 1.29 is 19.1 Å². The Balaban J connectivity index is 0.000000211. The lowest BCUT2D eigenvalue weighted by Crippen LogP contribution is -2.32. The molecule has 2 heterocycles. The zero-order chi connectivity index (χ0) is 38.3. The number of thiazole rings is 2. The molecule has 2 aromatic carbocycles. The Morgan fingerprint density at radius 1 is 0.792 bits per heavy atom. The number of benzene rings is 2. The van der Waals surface area contributed by atoms with Crippen molar-refractivity contribution in [2.24, 2.45) is 5.73 Å². The summed E-state index contributed by atoms with van der Waals surface area (Å²) in [6.45, 7) is 6.16. The van der Waals surface area contributed by atoms with Gasteiger partial charge in [0.05, 0.1) is 11.4 Å². The predicted octanol–water partition coefficient (Wildman–Crippen LogP) is 6.11. The number of alkyl carbamates (subject to hydrolysis) is 1. The van der Waals surface area contributed by atoms with Crippen LogP contribution in [-0.4, -0.2) is 83.6 Å². The Kier molecular flexibility index (Phi) is 13.4. The number of nitrogens with zero attached hydrogens (tertiary/aromatic N) is 4. The van der Waals surface area contributed by atoms with E-state index in [4.69, 9.17) is 10.5 Å². The molecular formula is C39H52N8O4S2. The molecule has 0 bridgehead atoms. The van der Waals surface area contributed by atoms with Crippen LogP contribution in [0.1, 0.15) is 86.6 Å². The third-order valence-electron chi connectivity index (χ3n) is 9.18. The first kappa shape index (κ1) is 40.0. The van der Waals surface area contributed by atoms with E-state index in [0.29, 0.717) is 40.0 Å². The smallest absolute Gasteiger partial charge is 0.407 e. The highest BCUT2D eigenvalue weighted by atomic mass is 32.1. The van der Waals surface area contributed by atoms with Gasteiger partial charge in [-0.3, -0.25) is 20.2 Å². The molecule has 0 saturated heterocycles. The third kappa shape index (κ3) is 11.4. The van der Waals surface area contributed by atoms with Crippen molar-refractivity contribution in [2.45, 2.75) is 90.1 Å². The van der Waals surface area contributed by atoms with E-state index in [2.05, 4.69) is 63.9 Å². The number of fused-ring (bicyclic) bond motifs is 2. The SMILES string of the molecule is CN(C)[C@H]1CCc2nc(NC(=O)c3cccc(CN)c3)sc2C1.CN(C)[C@H]1CCc2nc(NC(=O)c3cccc(CNC(=O)OC(C)(C)C)c3)sc2C1. The number of anilines is 2. The Morgan fingerprint density at radius 2 is 1.26 bits per heavy atom. The van der Waals surface area contributed by atoms with Crippen LogP contribution in [0.5, 0.6) is 0 Å². The molecule has 14 heteroatoms. The molecule has 0 fully saturated rings. The highest BCUT2D eigenvalue weighted by Crippen LogP contribution is 2.32. The molecule has 6 rings (SSSR count). The number of nitrogens with two attached hydrogens (primary N) is 1. The maximum atomic E-state index is 12.7. The molecule has 5 N–H and O–H groups in total. The Morgan fingerprint density at radius 3 is 1.72 bits per heavy atom. The van der Waals surface area contributed by atoms with Gasteiger partial charge in [-0.25, -0.2) is 14.8 Å². The lowest BCUT2D eigenvalue weighted by Gasteiger charge is -2.27. The largest absolute Gasteiger partial charge is 0.444 e. The highest BCUT2D eigenvalue weighted by Gasteiger charge is 2.26. The van der Waals surface area contributed by atoms with Gasteiger partial charge in [-0.1, -0.05) is 24.3 Å². The minimum Gasteiger partial charge on any atom is -0.444 e. The summed E-state index contributed by atoms with van der Waals surface area (Å²) in [5.41, 5.74) is 10.2. The van der Waals surface area contributed by atoms with Gasteiger partial charge in [0.2, 0.25) is 0 Å². The first-order chi connectivity index (χ1) is 25.2. The molecule has 53 heavy (non-hydrogen) atoms. The molecule has 2 aromatic heterocycles. The summed E-state index contributed by atoms with van der Waals surface area (Å²) in [7, 11) is 8.43. The summed E-state index contributed by atoms with van der Waals surface area (Å²) in [5.74, 6) is -0.333. The van der Waals surface area contributed by atoms with Gasteiger partial charge in [-0.2, -0.15) is 0 Å². The molecule has 0 unspecified atom stereocenters. The standard InChI is InChI=1S/C22H30N4O3S.C17H22N4OS/c1-22(2,3)29-21(28)23-13-14-7-6-8-15(11-14)19(27)25-20-24-17-10-9-16(26(4)5)12-18(17)30-20;1-21(2)13-6-7-14-15(9-13)23-17(19-14)20-16(22)12-5-3-4-11(8-12)10-18/h6-8,11,16H,9-10,12-13H2,1-5H3,(H,23,28)(H,24,25,27);3-5,8,13H,6-7,9-10,18H2,1-2H3,(H,19,20,22)/t16-;13-/m00/s1. The molecule has 0 saturated carbocycles. The number of rotatable bonds is 9. The fraction of sp³-hybridized carbons (Fsp3) is 0.462. The van der Waals surface area contributed by atoms with Crippen molar-refractivity contribution >= 4 is 50.8 Å². The Bertz CT molecular complexity index is 1900. The second kappa shape index (κ2) is 17.7. The summed E-state index contributed by atoms with van der Waals surface area (Å²) in [6.07, 6.45) is 5.63. The van der Waals surface area contributed by atoms with Crippen molar-refractivity contribution in [1.82, 2.24) is 25.1 Å². The van der Waals surface area contributed by atoms with Crippen LogP contribution in [0.25, 0.3) is 0 Å². The van der Waals surface area contributed by atoms with E-state index in [9.17, 15) is 14.4 Å². The lowest BCUT2D eigenvalue weighted by molar-refractivity contribution is 0.0523. The number of aryl methyl sites for hydroxylation is 2. The van der Waals surface area contributed by atoms with E-state index in [-0.39, 0.29) is 18.4 Å². The van der Waals surface area contributed by atoms with Gasteiger partial charge >= 0.3 is 6.09 Å². The van der Waals surface area contributed by atoms with Crippen molar-refractivity contribution in [1.29, 1.82) is 0 Å². The second-order valence-electron chi connectivity index (χ2n) is 14.9. The van der Waals surface area contributed by atoms with Gasteiger partial charge in [-0.15, -0.1) is 22.7 Å². The fourth-order valence-electron chi connectivity index (χ4n) is 6.19. The first-order valence-electron chi connectivity index (χ1n) is 17.9. The van der Waals surface area contributed by atoms with E-state index in [1.54, 1.807) is 46.9 Å². The minimum atomic E-state index is -0.550. The molecule has 12 nitrogen and oxygen atoms in total. The van der Waals surface area contributed by atoms with Crippen LogP contribution < -0.4 is 21.7 Å². The molecule has 2 aliphatic carbocycles. The molecule has 3 amide bonds. The van der Waals surface area contributed by atoms with Crippen LogP contribution in [0.2, 0.25) is 0 Å². The second-order valence-corrected chi connectivity index (χ2v) is 17.0. The molecule has 284 valence electrons. The summed E-state index contributed by atoms with van der Waals surface area (Å²) in [4.78, 5) is 53.2. The van der Waals surface area contributed by atoms with E-state index in [1.165, 1.54) is 9.75 Å². The number of nitrogens with one attached hydrogen (secondary N) is 3. The summed E-state index contributed by atoms with van der Waals surface area (Å²) >= 11 is 3.15. The van der Waals surface area contributed by atoms with Gasteiger partial charge in [0.15, 0.2) is 10.3 Å². The molecule has 0 radical (unpaired) electrons. The van der Waals surface area contributed by atoms with E-state index in [1.807, 2.05) is 45.0 Å². The van der Waals surface area contributed by atoms with E-state index >= 15 is 0 Å². The molecule has 0 aliphatic heterocycles. The average molecular weight is 761 g/mol. The number of amides is 3. The Labute approximate surface area is 320 Å². The minimum absolute atomic E-state index is 0.129. The number of likely N-dealkylation sites (N-methyl/N-ethyl adjacent to an activating group) is 2. The van der Waals surface area contributed by atoms with Gasteiger partial charge in [0.25, 0.3) is 11.8 Å². The average Bonchev–Trinajstić information content (AvgIpc) is 3.72. The van der Waals surface area contributed by atoms with Gasteiger partial charge < -0.3 is 25.6 Å². The molecule has 0 spiro atoms. The zero-order valence-corrected chi connectivity index (χ0v) is 33.4. The van der Waals surface area contributed by atoms with Crippen molar-refractivity contribution in [3.05, 3.63) is 91.9 Å². The van der Waals surface area contributed by atoms with Gasteiger partial charge in [0, 0.05) is 46.1 Å².